The van der Waals surface area contributed by atoms with Crippen molar-refractivity contribution in [2.75, 3.05) is 12.9 Å². The lowest BCUT2D eigenvalue weighted by Gasteiger charge is -2.34. The zero-order valence-corrected chi connectivity index (χ0v) is 20.8. The molecule has 0 radical (unpaired) electrons. The number of pyridine rings is 1. The van der Waals surface area contributed by atoms with Crippen LogP contribution in [0.2, 0.25) is 0 Å². The normalized spacial score (nSPS) is 15.5. The van der Waals surface area contributed by atoms with E-state index in [4.69, 9.17) is 9.72 Å². The molecule has 0 aliphatic carbocycles. The molecule has 0 spiro atoms. The van der Waals surface area contributed by atoms with Crippen LogP contribution in [0, 0.1) is 13.8 Å². The second kappa shape index (κ2) is 10.1. The molecule has 0 bridgehead atoms. The molecule has 0 saturated heterocycles. The molecule has 1 aromatic heterocycles. The zero-order chi connectivity index (χ0) is 22.7. The van der Waals surface area contributed by atoms with Crippen molar-refractivity contribution in [3.05, 3.63) is 82.0 Å². The predicted molar refractivity (Wildman–Crippen MR) is 136 cm³/mol. The fourth-order valence-corrected chi connectivity index (χ4v) is 5.61. The molecule has 32 heavy (non-hydrogen) atoms. The van der Waals surface area contributed by atoms with E-state index in [1.165, 1.54) is 33.4 Å². The predicted octanol–water partition coefficient (Wildman–Crippen LogP) is 7.09. The lowest BCUT2D eigenvalue weighted by Crippen LogP contribution is -2.27. The van der Waals surface area contributed by atoms with E-state index in [-0.39, 0.29) is 0 Å². The summed E-state index contributed by atoms with van der Waals surface area (Å²) in [4.78, 5) is 5.14. The third kappa shape index (κ3) is 4.44. The van der Waals surface area contributed by atoms with Crippen molar-refractivity contribution < 1.29 is 4.74 Å². The van der Waals surface area contributed by atoms with Gasteiger partial charge in [0.1, 0.15) is 5.75 Å². The van der Waals surface area contributed by atoms with Gasteiger partial charge in [0.15, 0.2) is 0 Å². The molecule has 168 valence electrons. The van der Waals surface area contributed by atoms with E-state index < -0.39 is 0 Å². The number of rotatable bonds is 7. The molecule has 4 rings (SSSR count). The van der Waals surface area contributed by atoms with Crippen molar-refractivity contribution in [1.82, 2.24) is 9.29 Å². The van der Waals surface area contributed by atoms with Gasteiger partial charge >= 0.3 is 0 Å². The minimum absolute atomic E-state index is 0.348. The van der Waals surface area contributed by atoms with E-state index in [9.17, 15) is 0 Å². The topological polar surface area (TPSA) is 25.4 Å². The zero-order valence-electron chi connectivity index (χ0n) is 19.9. The summed E-state index contributed by atoms with van der Waals surface area (Å²) in [5.74, 6) is 1.02. The number of aromatic nitrogens is 1. The quantitative estimate of drug-likeness (QED) is 0.362. The summed E-state index contributed by atoms with van der Waals surface area (Å²) < 4.78 is 8.40. The summed E-state index contributed by atoms with van der Waals surface area (Å²) >= 11 is 1.81. The Morgan fingerprint density at radius 2 is 1.75 bits per heavy atom. The van der Waals surface area contributed by atoms with Crippen LogP contribution in [0.4, 0.5) is 0 Å². The van der Waals surface area contributed by atoms with Gasteiger partial charge < -0.3 is 4.74 Å². The molecule has 2 heterocycles. The number of hydrogen-bond donors (Lipinski definition) is 0. The molecule has 1 unspecified atom stereocenters. The van der Waals surface area contributed by atoms with E-state index in [0.29, 0.717) is 6.04 Å². The Balaban J connectivity index is 1.68. The van der Waals surface area contributed by atoms with Gasteiger partial charge in [-0.3, -0.25) is 4.98 Å². The Bertz CT molecular complexity index is 1050. The first-order valence-electron chi connectivity index (χ1n) is 11.7. The second-order valence-corrected chi connectivity index (χ2v) is 9.33. The Morgan fingerprint density at radius 1 is 1.03 bits per heavy atom. The molecule has 0 amide bonds. The van der Waals surface area contributed by atoms with Crippen LogP contribution in [0.1, 0.15) is 59.8 Å². The largest absolute Gasteiger partial charge is 0.493 e. The average Bonchev–Trinajstić information content (AvgIpc) is 2.82. The standard InChI is InChI=1S/C28H34N2OS/c1-6-21-11-10-12-22(7-2)28(21)25-17-19(3)24(20(4)29-25)18-30(32-5)26-15-16-31-27-14-9-8-13-23(26)27/h8-14,17,26H,6-7,15-16,18H2,1-5H3. The highest BCUT2D eigenvalue weighted by molar-refractivity contribution is 7.96. The van der Waals surface area contributed by atoms with Crippen LogP contribution in [0.5, 0.6) is 5.75 Å². The molecule has 1 aliphatic heterocycles. The van der Waals surface area contributed by atoms with Crippen LogP contribution < -0.4 is 4.74 Å². The number of ether oxygens (including phenoxy) is 1. The van der Waals surface area contributed by atoms with Crippen LogP contribution in [0.15, 0.2) is 48.5 Å². The van der Waals surface area contributed by atoms with Gasteiger partial charge in [0.05, 0.1) is 18.3 Å². The maximum Gasteiger partial charge on any atom is 0.124 e. The third-order valence-corrected chi connectivity index (χ3v) is 7.48. The van der Waals surface area contributed by atoms with E-state index in [2.05, 4.69) is 86.8 Å². The molecule has 3 aromatic rings. The fraction of sp³-hybridized carbons (Fsp3) is 0.393. The van der Waals surface area contributed by atoms with Crippen LogP contribution in [-0.4, -0.2) is 22.2 Å². The van der Waals surface area contributed by atoms with Gasteiger partial charge in [-0.25, -0.2) is 4.31 Å². The van der Waals surface area contributed by atoms with Crippen molar-refractivity contribution >= 4 is 11.9 Å². The summed E-state index contributed by atoms with van der Waals surface area (Å²) in [5.41, 5.74) is 10.3. The molecule has 4 heteroatoms. The van der Waals surface area contributed by atoms with Gasteiger partial charge in [0.2, 0.25) is 0 Å². The summed E-state index contributed by atoms with van der Waals surface area (Å²) in [7, 11) is 0. The number of benzene rings is 2. The Labute approximate surface area is 197 Å². The van der Waals surface area contributed by atoms with Crippen LogP contribution in [0.25, 0.3) is 11.3 Å². The maximum absolute atomic E-state index is 5.91. The first-order chi connectivity index (χ1) is 15.6. The Morgan fingerprint density at radius 3 is 2.41 bits per heavy atom. The van der Waals surface area contributed by atoms with E-state index >= 15 is 0 Å². The van der Waals surface area contributed by atoms with Crippen molar-refractivity contribution in [3.63, 3.8) is 0 Å². The minimum Gasteiger partial charge on any atom is -0.493 e. The lowest BCUT2D eigenvalue weighted by atomic mass is 9.93. The number of para-hydroxylation sites is 1. The highest BCUT2D eigenvalue weighted by Gasteiger charge is 2.27. The Kier molecular flexibility index (Phi) is 7.22. The lowest BCUT2D eigenvalue weighted by molar-refractivity contribution is 0.211. The summed E-state index contributed by atoms with van der Waals surface area (Å²) in [6.45, 7) is 10.5. The van der Waals surface area contributed by atoms with E-state index in [1.807, 2.05) is 11.9 Å². The summed E-state index contributed by atoms with van der Waals surface area (Å²) in [6.07, 6.45) is 5.23. The van der Waals surface area contributed by atoms with Gasteiger partial charge in [-0.15, -0.1) is 0 Å². The van der Waals surface area contributed by atoms with Gasteiger partial charge in [-0.1, -0.05) is 62.2 Å². The monoisotopic (exact) mass is 446 g/mol. The molecule has 3 nitrogen and oxygen atoms in total. The number of aryl methyl sites for hydroxylation is 4. The van der Waals surface area contributed by atoms with Gasteiger partial charge in [0.25, 0.3) is 0 Å². The van der Waals surface area contributed by atoms with Crippen molar-refractivity contribution in [2.24, 2.45) is 0 Å². The first kappa shape index (κ1) is 22.9. The average molecular weight is 447 g/mol. The molecule has 1 atom stereocenters. The van der Waals surface area contributed by atoms with Gasteiger partial charge in [-0.2, -0.15) is 0 Å². The van der Waals surface area contributed by atoms with Crippen LogP contribution >= 0.6 is 11.9 Å². The molecule has 0 fully saturated rings. The SMILES string of the molecule is CCc1cccc(CC)c1-c1cc(C)c(CN(SC)C2CCOc3ccccc32)c(C)n1. The van der Waals surface area contributed by atoms with Gasteiger partial charge in [-0.05, 0) is 67.3 Å². The highest BCUT2D eigenvalue weighted by atomic mass is 32.2. The van der Waals surface area contributed by atoms with Crippen molar-refractivity contribution in [1.29, 1.82) is 0 Å². The van der Waals surface area contributed by atoms with Crippen molar-refractivity contribution in [2.45, 2.75) is 59.5 Å². The second-order valence-electron chi connectivity index (χ2n) is 8.50. The smallest absolute Gasteiger partial charge is 0.124 e. The number of nitrogens with zero attached hydrogens (tertiary/aromatic N) is 2. The van der Waals surface area contributed by atoms with E-state index in [1.54, 1.807) is 0 Å². The maximum atomic E-state index is 5.91. The van der Waals surface area contributed by atoms with E-state index in [0.717, 1.165) is 49.6 Å². The third-order valence-electron chi connectivity index (χ3n) is 6.63. The molecular formula is C28H34N2OS. The molecule has 0 saturated carbocycles. The molecule has 2 aromatic carbocycles. The summed E-state index contributed by atoms with van der Waals surface area (Å²) in [6, 6.07) is 17.8. The summed E-state index contributed by atoms with van der Waals surface area (Å²) in [5, 5.41) is 0. The number of hydrogen-bond acceptors (Lipinski definition) is 4. The van der Waals surface area contributed by atoms with Crippen LogP contribution in [-0.2, 0) is 19.4 Å². The molecular weight excluding hydrogens is 412 g/mol. The molecule has 1 aliphatic rings. The highest BCUT2D eigenvalue weighted by Crippen LogP contribution is 2.40. The minimum atomic E-state index is 0.348. The Hall–Kier alpha value is -2.30. The van der Waals surface area contributed by atoms with Gasteiger partial charge in [0, 0.05) is 29.8 Å². The van der Waals surface area contributed by atoms with Crippen molar-refractivity contribution in [3.8, 4) is 17.0 Å². The number of fused-ring (bicyclic) bond motifs is 1. The van der Waals surface area contributed by atoms with Crippen LogP contribution in [0.3, 0.4) is 0 Å². The first-order valence-corrected chi connectivity index (χ1v) is 12.9. The molecule has 0 N–H and O–H groups in total. The fourth-order valence-electron chi connectivity index (χ4n) is 4.88.